The van der Waals surface area contributed by atoms with E-state index in [1.54, 1.807) is 0 Å². The fourth-order valence-corrected chi connectivity index (χ4v) is 2.82. The summed E-state index contributed by atoms with van der Waals surface area (Å²) in [6, 6.07) is 0. The summed E-state index contributed by atoms with van der Waals surface area (Å²) in [5.41, 5.74) is -0.371. The highest BCUT2D eigenvalue weighted by atomic mass is 79.9. The molecule has 1 N–H and O–H groups in total. The zero-order chi connectivity index (χ0) is 11.1. The van der Waals surface area contributed by atoms with Crippen LogP contribution in [0.2, 0.25) is 0 Å². The van der Waals surface area contributed by atoms with Gasteiger partial charge in [0.1, 0.15) is 0 Å². The first kappa shape index (κ1) is 13.5. The smallest absolute Gasteiger partial charge is 0.0774 e. The van der Waals surface area contributed by atoms with E-state index in [0.29, 0.717) is 0 Å². The van der Waals surface area contributed by atoms with Crippen molar-refractivity contribution in [2.24, 2.45) is 0 Å². The van der Waals surface area contributed by atoms with Crippen LogP contribution in [-0.4, -0.2) is 41.1 Å². The van der Waals surface area contributed by atoms with Gasteiger partial charge in [0.25, 0.3) is 0 Å². The first-order valence-electron chi connectivity index (χ1n) is 6.13. The molecular weight excluding hydrogens is 254 g/mol. The number of nitrogens with zero attached hydrogens (tertiary/aromatic N) is 1. The molecule has 0 aromatic heterocycles. The second-order valence-corrected chi connectivity index (χ2v) is 5.71. The fraction of sp³-hybridized carbons (Fsp3) is 1.00. The third kappa shape index (κ3) is 5.32. The highest BCUT2D eigenvalue weighted by Crippen LogP contribution is 2.29. The predicted molar refractivity (Wildman–Crippen MR) is 68.6 cm³/mol. The molecule has 3 heteroatoms. The number of halogens is 1. The quantitative estimate of drug-likeness (QED) is 0.572. The number of hydrogen-bond donors (Lipinski definition) is 1. The zero-order valence-corrected chi connectivity index (χ0v) is 11.4. The molecule has 0 heterocycles. The van der Waals surface area contributed by atoms with E-state index < -0.39 is 0 Å². The highest BCUT2D eigenvalue weighted by molar-refractivity contribution is 9.09. The first-order chi connectivity index (χ1) is 7.16. The van der Waals surface area contributed by atoms with Gasteiger partial charge in [-0.05, 0) is 39.3 Å². The number of alkyl halides is 1. The molecule has 2 nitrogen and oxygen atoms in total. The number of rotatable bonds is 7. The van der Waals surface area contributed by atoms with E-state index >= 15 is 0 Å². The minimum Gasteiger partial charge on any atom is -0.389 e. The van der Waals surface area contributed by atoms with Crippen LogP contribution in [0, 0.1) is 0 Å². The van der Waals surface area contributed by atoms with Crippen LogP contribution in [0.1, 0.15) is 44.9 Å². The van der Waals surface area contributed by atoms with Crippen molar-refractivity contribution in [2.45, 2.75) is 50.5 Å². The summed E-state index contributed by atoms with van der Waals surface area (Å²) in [5, 5.41) is 11.3. The van der Waals surface area contributed by atoms with Crippen molar-refractivity contribution in [2.75, 3.05) is 25.5 Å². The normalized spacial score (nSPS) is 20.0. The summed E-state index contributed by atoms with van der Waals surface area (Å²) < 4.78 is 0. The van der Waals surface area contributed by atoms with Crippen LogP contribution in [-0.2, 0) is 0 Å². The summed E-state index contributed by atoms with van der Waals surface area (Å²) >= 11 is 3.44. The fourth-order valence-electron chi connectivity index (χ4n) is 2.43. The maximum absolute atomic E-state index is 10.2. The molecule has 0 atom stereocenters. The van der Waals surface area contributed by atoms with Crippen LogP contribution in [0.4, 0.5) is 0 Å². The summed E-state index contributed by atoms with van der Waals surface area (Å²) in [6.45, 7) is 1.98. The van der Waals surface area contributed by atoms with Crippen molar-refractivity contribution in [3.8, 4) is 0 Å². The van der Waals surface area contributed by atoms with Crippen LogP contribution < -0.4 is 0 Å². The van der Waals surface area contributed by atoms with Gasteiger partial charge in [-0.3, -0.25) is 0 Å². The van der Waals surface area contributed by atoms with E-state index in [9.17, 15) is 5.11 Å². The molecule has 0 aromatic rings. The summed E-state index contributed by atoms with van der Waals surface area (Å²) in [5.74, 6) is 0. The third-order valence-electron chi connectivity index (χ3n) is 3.27. The molecule has 1 aliphatic carbocycles. The Morgan fingerprint density at radius 3 is 2.47 bits per heavy atom. The van der Waals surface area contributed by atoms with Crippen molar-refractivity contribution in [1.82, 2.24) is 4.90 Å². The topological polar surface area (TPSA) is 23.5 Å². The standard InChI is InChI=1S/C12H24BrNO/c1-14(10-6-2-5-9-13)11-12(15)7-3-4-8-12/h15H,2-11H2,1H3. The Hall–Kier alpha value is 0.400. The molecule has 15 heavy (non-hydrogen) atoms. The predicted octanol–water partition coefficient (Wildman–Crippen LogP) is 2.79. The molecule has 1 saturated carbocycles. The van der Waals surface area contributed by atoms with Gasteiger partial charge in [0, 0.05) is 11.9 Å². The second-order valence-electron chi connectivity index (χ2n) is 4.92. The molecular formula is C12H24BrNO. The van der Waals surface area contributed by atoms with E-state index in [1.807, 2.05) is 0 Å². The number of unbranched alkanes of at least 4 members (excludes halogenated alkanes) is 2. The molecule has 0 amide bonds. The Labute approximate surface area is 102 Å². The van der Waals surface area contributed by atoms with Crippen molar-refractivity contribution < 1.29 is 5.11 Å². The average molecular weight is 278 g/mol. The van der Waals surface area contributed by atoms with Crippen LogP contribution >= 0.6 is 15.9 Å². The lowest BCUT2D eigenvalue weighted by Crippen LogP contribution is -2.39. The van der Waals surface area contributed by atoms with Gasteiger partial charge in [-0.2, -0.15) is 0 Å². The maximum Gasteiger partial charge on any atom is 0.0774 e. The summed E-state index contributed by atoms with van der Waals surface area (Å²) in [6.07, 6.45) is 8.20. The van der Waals surface area contributed by atoms with E-state index in [-0.39, 0.29) is 5.60 Å². The number of aliphatic hydroxyl groups is 1. The van der Waals surface area contributed by atoms with E-state index in [2.05, 4.69) is 27.9 Å². The first-order valence-corrected chi connectivity index (χ1v) is 7.25. The van der Waals surface area contributed by atoms with Crippen molar-refractivity contribution in [3.05, 3.63) is 0 Å². The zero-order valence-electron chi connectivity index (χ0n) is 9.84. The maximum atomic E-state index is 10.2. The molecule has 0 radical (unpaired) electrons. The summed E-state index contributed by atoms with van der Waals surface area (Å²) in [4.78, 5) is 2.29. The van der Waals surface area contributed by atoms with E-state index in [4.69, 9.17) is 0 Å². The third-order valence-corrected chi connectivity index (χ3v) is 3.83. The van der Waals surface area contributed by atoms with Crippen molar-refractivity contribution in [1.29, 1.82) is 0 Å². The van der Waals surface area contributed by atoms with Gasteiger partial charge in [-0.25, -0.2) is 0 Å². The molecule has 0 aromatic carbocycles. The Morgan fingerprint density at radius 2 is 1.87 bits per heavy atom. The molecule has 0 bridgehead atoms. The molecule has 1 fully saturated rings. The van der Waals surface area contributed by atoms with Gasteiger partial charge in [0.2, 0.25) is 0 Å². The van der Waals surface area contributed by atoms with Crippen LogP contribution in [0.5, 0.6) is 0 Å². The molecule has 0 saturated heterocycles. The number of hydrogen-bond acceptors (Lipinski definition) is 2. The van der Waals surface area contributed by atoms with Gasteiger partial charge < -0.3 is 10.0 Å². The molecule has 1 aliphatic rings. The van der Waals surface area contributed by atoms with Gasteiger partial charge in [0.15, 0.2) is 0 Å². The average Bonchev–Trinajstić information content (AvgIpc) is 2.59. The lowest BCUT2D eigenvalue weighted by Gasteiger charge is -2.28. The number of likely N-dealkylation sites (N-methyl/N-ethyl adjacent to an activating group) is 1. The Balaban J connectivity index is 2.09. The largest absolute Gasteiger partial charge is 0.389 e. The molecule has 0 unspecified atom stereocenters. The van der Waals surface area contributed by atoms with Gasteiger partial charge in [-0.1, -0.05) is 35.2 Å². The van der Waals surface area contributed by atoms with Crippen LogP contribution in [0.25, 0.3) is 0 Å². The van der Waals surface area contributed by atoms with Gasteiger partial charge >= 0.3 is 0 Å². The second kappa shape index (κ2) is 6.87. The molecule has 0 spiro atoms. The van der Waals surface area contributed by atoms with Crippen LogP contribution in [0.15, 0.2) is 0 Å². The SMILES string of the molecule is CN(CCCCCBr)CC1(O)CCCC1. The minimum absolute atomic E-state index is 0.371. The molecule has 1 rings (SSSR count). The lowest BCUT2D eigenvalue weighted by molar-refractivity contribution is 0.0161. The highest BCUT2D eigenvalue weighted by Gasteiger charge is 2.31. The van der Waals surface area contributed by atoms with Crippen molar-refractivity contribution in [3.63, 3.8) is 0 Å². The van der Waals surface area contributed by atoms with Crippen molar-refractivity contribution >= 4 is 15.9 Å². The Morgan fingerprint density at radius 1 is 1.20 bits per heavy atom. The Kier molecular flexibility index (Phi) is 6.17. The summed E-state index contributed by atoms with van der Waals surface area (Å²) in [7, 11) is 2.13. The molecule has 0 aliphatic heterocycles. The van der Waals surface area contributed by atoms with E-state index in [1.165, 1.54) is 32.1 Å². The minimum atomic E-state index is -0.371. The monoisotopic (exact) mass is 277 g/mol. The van der Waals surface area contributed by atoms with Gasteiger partial charge in [0.05, 0.1) is 5.60 Å². The van der Waals surface area contributed by atoms with Crippen LogP contribution in [0.3, 0.4) is 0 Å². The Bertz CT molecular complexity index is 169. The lowest BCUT2D eigenvalue weighted by atomic mass is 10.0. The van der Waals surface area contributed by atoms with Gasteiger partial charge in [-0.15, -0.1) is 0 Å². The van der Waals surface area contributed by atoms with E-state index in [0.717, 1.165) is 31.3 Å². The molecule has 90 valence electrons.